The Balaban J connectivity index is 1.54. The maximum atomic E-state index is 11.7. The van der Waals surface area contributed by atoms with Gasteiger partial charge in [-0.15, -0.1) is 26.8 Å². The van der Waals surface area contributed by atoms with Crippen LogP contribution in [0.4, 0.5) is 0 Å². The Labute approximate surface area is 213 Å². The van der Waals surface area contributed by atoms with Crippen LogP contribution in [0.2, 0.25) is 0 Å². The minimum atomic E-state index is -0.440. The SMILES string of the molecule is C=C(C)C(=O)Oc1ccc(Sc2ccc3nn(-c4cc(C)cc(SCCCC)c4O)nc3c2)cc1. The van der Waals surface area contributed by atoms with Crippen molar-refractivity contribution in [1.82, 2.24) is 15.0 Å². The molecule has 0 bridgehead atoms. The summed E-state index contributed by atoms with van der Waals surface area (Å²) in [6, 6.07) is 17.1. The van der Waals surface area contributed by atoms with Gasteiger partial charge in [0.1, 0.15) is 22.5 Å². The summed E-state index contributed by atoms with van der Waals surface area (Å²) in [5, 5.41) is 20.1. The molecule has 4 rings (SSSR count). The quantitative estimate of drug-likeness (QED) is 0.0866. The van der Waals surface area contributed by atoms with Crippen molar-refractivity contribution in [2.24, 2.45) is 0 Å². The van der Waals surface area contributed by atoms with Crippen molar-refractivity contribution in [2.45, 2.75) is 48.3 Å². The van der Waals surface area contributed by atoms with Gasteiger partial charge in [-0.05, 0) is 86.2 Å². The number of rotatable bonds is 9. The van der Waals surface area contributed by atoms with Gasteiger partial charge in [0.15, 0.2) is 5.75 Å². The summed E-state index contributed by atoms with van der Waals surface area (Å²) in [6.07, 6.45) is 2.21. The van der Waals surface area contributed by atoms with E-state index in [4.69, 9.17) is 4.74 Å². The number of aromatic nitrogens is 3. The Morgan fingerprint density at radius 3 is 2.49 bits per heavy atom. The molecule has 0 spiro atoms. The molecule has 6 nitrogen and oxygen atoms in total. The molecule has 1 aromatic heterocycles. The van der Waals surface area contributed by atoms with Crippen LogP contribution in [0.1, 0.15) is 32.3 Å². The highest BCUT2D eigenvalue weighted by Gasteiger charge is 2.15. The number of nitrogens with zero attached hydrogens (tertiary/aromatic N) is 3. The van der Waals surface area contributed by atoms with Gasteiger partial charge < -0.3 is 9.84 Å². The molecule has 0 fully saturated rings. The lowest BCUT2D eigenvalue weighted by Crippen LogP contribution is -2.07. The second-order valence-corrected chi connectivity index (χ2v) is 10.5. The van der Waals surface area contributed by atoms with Crippen LogP contribution in [0.5, 0.6) is 11.5 Å². The van der Waals surface area contributed by atoms with Crippen LogP contribution in [0.15, 0.2) is 81.4 Å². The number of hydrogen-bond acceptors (Lipinski definition) is 7. The van der Waals surface area contributed by atoms with Gasteiger partial charge in [-0.25, -0.2) is 4.79 Å². The molecule has 4 aromatic rings. The van der Waals surface area contributed by atoms with Crippen molar-refractivity contribution in [1.29, 1.82) is 0 Å². The van der Waals surface area contributed by atoms with Gasteiger partial charge >= 0.3 is 5.97 Å². The Morgan fingerprint density at radius 2 is 1.77 bits per heavy atom. The second kappa shape index (κ2) is 11.0. The fourth-order valence-electron chi connectivity index (χ4n) is 3.29. The third kappa shape index (κ3) is 6.07. The molecule has 35 heavy (non-hydrogen) atoms. The number of phenolic OH excluding ortho intramolecular Hbond substituents is 1. The molecular formula is C27H27N3O3S2. The summed E-state index contributed by atoms with van der Waals surface area (Å²) >= 11 is 3.23. The fraction of sp³-hybridized carbons (Fsp3) is 0.222. The third-order valence-electron chi connectivity index (χ3n) is 5.14. The van der Waals surface area contributed by atoms with Crippen molar-refractivity contribution in [2.75, 3.05) is 5.75 Å². The summed E-state index contributed by atoms with van der Waals surface area (Å²) in [5.74, 6) is 1.20. The number of benzene rings is 3. The highest BCUT2D eigenvalue weighted by atomic mass is 32.2. The molecule has 1 heterocycles. The van der Waals surface area contributed by atoms with Gasteiger partial charge in [-0.3, -0.25) is 0 Å². The normalized spacial score (nSPS) is 11.1. The molecule has 0 aliphatic heterocycles. The van der Waals surface area contributed by atoms with Crippen molar-refractivity contribution in [3.05, 3.63) is 72.3 Å². The second-order valence-electron chi connectivity index (χ2n) is 8.22. The topological polar surface area (TPSA) is 77.2 Å². The molecule has 0 amide bonds. The smallest absolute Gasteiger partial charge is 0.338 e. The predicted molar refractivity (Wildman–Crippen MR) is 142 cm³/mol. The summed E-state index contributed by atoms with van der Waals surface area (Å²) in [7, 11) is 0. The highest BCUT2D eigenvalue weighted by Crippen LogP contribution is 2.36. The molecule has 0 radical (unpaired) electrons. The van der Waals surface area contributed by atoms with Crippen molar-refractivity contribution >= 4 is 40.5 Å². The number of ether oxygens (including phenoxy) is 1. The fourth-order valence-corrected chi connectivity index (χ4v) is 5.30. The minimum absolute atomic E-state index is 0.207. The first kappa shape index (κ1) is 24.9. The van der Waals surface area contributed by atoms with E-state index in [2.05, 4.69) is 23.7 Å². The molecule has 0 aliphatic rings. The van der Waals surface area contributed by atoms with Crippen LogP contribution in [-0.2, 0) is 4.79 Å². The molecule has 0 aliphatic carbocycles. The van der Waals surface area contributed by atoms with E-state index in [9.17, 15) is 9.90 Å². The molecule has 0 unspecified atom stereocenters. The van der Waals surface area contributed by atoms with E-state index in [1.54, 1.807) is 42.6 Å². The van der Waals surface area contributed by atoms with E-state index < -0.39 is 5.97 Å². The number of aryl methyl sites for hydroxylation is 1. The predicted octanol–water partition coefficient (Wildman–Crippen LogP) is 6.96. The average molecular weight is 506 g/mol. The van der Waals surface area contributed by atoms with E-state index in [-0.39, 0.29) is 5.75 Å². The minimum Gasteiger partial charge on any atom is -0.505 e. The molecule has 3 aromatic carbocycles. The number of carbonyl (C=O) groups is 1. The summed E-state index contributed by atoms with van der Waals surface area (Å²) in [4.78, 5) is 16.0. The number of fused-ring (bicyclic) bond motifs is 1. The van der Waals surface area contributed by atoms with Crippen LogP contribution in [0.25, 0.3) is 16.7 Å². The zero-order valence-corrected chi connectivity index (χ0v) is 21.6. The van der Waals surface area contributed by atoms with E-state index in [1.807, 2.05) is 49.4 Å². The largest absolute Gasteiger partial charge is 0.505 e. The van der Waals surface area contributed by atoms with E-state index in [0.29, 0.717) is 17.0 Å². The first-order chi connectivity index (χ1) is 16.8. The van der Waals surface area contributed by atoms with Crippen molar-refractivity contribution in [3.63, 3.8) is 0 Å². The molecule has 180 valence electrons. The van der Waals surface area contributed by atoms with Crippen molar-refractivity contribution in [3.8, 4) is 17.2 Å². The van der Waals surface area contributed by atoms with Crippen LogP contribution in [-0.4, -0.2) is 31.8 Å². The molecule has 8 heteroatoms. The van der Waals surface area contributed by atoms with Gasteiger partial charge in [0.05, 0.1) is 4.90 Å². The number of phenols is 1. The Hall–Kier alpha value is -3.23. The zero-order chi connectivity index (χ0) is 24.9. The summed E-state index contributed by atoms with van der Waals surface area (Å²) in [5.41, 5.74) is 3.47. The number of carbonyl (C=O) groups excluding carboxylic acids is 1. The molecule has 0 saturated heterocycles. The zero-order valence-electron chi connectivity index (χ0n) is 19.9. The Kier molecular flexibility index (Phi) is 7.83. The van der Waals surface area contributed by atoms with Crippen LogP contribution < -0.4 is 4.74 Å². The number of unbranched alkanes of at least 4 members (excludes halogenated alkanes) is 1. The van der Waals surface area contributed by atoms with E-state index in [0.717, 1.165) is 49.9 Å². The van der Waals surface area contributed by atoms with Crippen molar-refractivity contribution < 1.29 is 14.6 Å². The molecular weight excluding hydrogens is 478 g/mol. The van der Waals surface area contributed by atoms with Gasteiger partial charge in [0.2, 0.25) is 0 Å². The summed E-state index contributed by atoms with van der Waals surface area (Å²) < 4.78 is 5.25. The average Bonchev–Trinajstić information content (AvgIpc) is 3.25. The number of thioether (sulfide) groups is 1. The van der Waals surface area contributed by atoms with Gasteiger partial charge in [0, 0.05) is 15.4 Å². The van der Waals surface area contributed by atoms with Crippen LogP contribution >= 0.6 is 23.5 Å². The van der Waals surface area contributed by atoms with Gasteiger partial charge in [-0.1, -0.05) is 31.7 Å². The standard InChI is InChI=1S/C27H27N3O3S2/c1-5-6-13-34-25-15-18(4)14-24(26(25)31)30-28-22-12-11-21(16-23(22)29-30)35-20-9-7-19(8-10-20)33-27(32)17(2)3/h7-12,14-16,31H,2,5-6,13H2,1,3-4H3. The lowest BCUT2D eigenvalue weighted by atomic mass is 10.2. The highest BCUT2D eigenvalue weighted by molar-refractivity contribution is 7.99. The maximum absolute atomic E-state index is 11.7. The number of aromatic hydroxyl groups is 1. The van der Waals surface area contributed by atoms with E-state index in [1.165, 1.54) is 4.80 Å². The molecule has 0 atom stereocenters. The molecule has 0 saturated carbocycles. The summed E-state index contributed by atoms with van der Waals surface area (Å²) in [6.45, 7) is 9.37. The molecule has 1 N–H and O–H groups in total. The van der Waals surface area contributed by atoms with Crippen LogP contribution in [0.3, 0.4) is 0 Å². The Bertz CT molecular complexity index is 1380. The van der Waals surface area contributed by atoms with Gasteiger partial charge in [-0.2, -0.15) is 0 Å². The third-order valence-corrected chi connectivity index (χ3v) is 7.25. The Morgan fingerprint density at radius 1 is 1.06 bits per heavy atom. The lowest BCUT2D eigenvalue weighted by molar-refractivity contribution is -0.130. The lowest BCUT2D eigenvalue weighted by Gasteiger charge is -2.10. The van der Waals surface area contributed by atoms with Crippen LogP contribution in [0, 0.1) is 6.92 Å². The first-order valence-corrected chi connectivity index (χ1v) is 13.1. The number of esters is 1. The maximum Gasteiger partial charge on any atom is 0.338 e. The number of hydrogen-bond donors (Lipinski definition) is 1. The van der Waals surface area contributed by atoms with E-state index >= 15 is 0 Å². The first-order valence-electron chi connectivity index (χ1n) is 11.3. The van der Waals surface area contributed by atoms with Gasteiger partial charge in [0.25, 0.3) is 0 Å². The monoisotopic (exact) mass is 505 g/mol.